The van der Waals surface area contributed by atoms with Crippen LogP contribution < -0.4 is 14.4 Å². The summed E-state index contributed by atoms with van der Waals surface area (Å²) in [6, 6.07) is 29.5. The van der Waals surface area contributed by atoms with Crippen LogP contribution in [-0.2, 0) is 32.6 Å². The Morgan fingerprint density at radius 3 is 2.09 bits per heavy atom. The van der Waals surface area contributed by atoms with E-state index in [-0.39, 0.29) is 23.8 Å². The van der Waals surface area contributed by atoms with Crippen LogP contribution in [0.5, 0.6) is 5.75 Å². The molecule has 2 amide bonds. The number of nitrogens with one attached hydrogen (secondary N) is 1. The number of amides is 2. The van der Waals surface area contributed by atoms with Gasteiger partial charge in [-0.05, 0) is 75.2 Å². The van der Waals surface area contributed by atoms with E-state index >= 15 is 0 Å². The molecule has 0 radical (unpaired) electrons. The average molecular weight is 628 g/mol. The van der Waals surface area contributed by atoms with Gasteiger partial charge >= 0.3 is 0 Å². The lowest BCUT2D eigenvalue weighted by molar-refractivity contribution is -0.140. The van der Waals surface area contributed by atoms with Crippen molar-refractivity contribution in [1.82, 2.24) is 10.2 Å². The van der Waals surface area contributed by atoms with Gasteiger partial charge in [-0.3, -0.25) is 13.9 Å². The Morgan fingerprint density at radius 2 is 1.47 bits per heavy atom. The van der Waals surface area contributed by atoms with E-state index in [4.69, 9.17) is 4.74 Å². The Morgan fingerprint density at radius 1 is 0.800 bits per heavy atom. The minimum absolute atomic E-state index is 0.0598. The Labute approximate surface area is 266 Å². The van der Waals surface area contributed by atoms with Crippen LogP contribution in [-0.4, -0.2) is 50.9 Å². The largest absolute Gasteiger partial charge is 0.494 e. The predicted octanol–water partition coefficient (Wildman–Crippen LogP) is 5.67. The highest BCUT2D eigenvalue weighted by Crippen LogP contribution is 2.27. The lowest BCUT2D eigenvalue weighted by Crippen LogP contribution is -2.53. The Hall–Kier alpha value is -4.63. The van der Waals surface area contributed by atoms with Gasteiger partial charge in [0.05, 0.1) is 17.2 Å². The van der Waals surface area contributed by atoms with Crippen molar-refractivity contribution in [3.63, 3.8) is 0 Å². The summed E-state index contributed by atoms with van der Waals surface area (Å²) in [4.78, 5) is 29.6. The molecule has 0 bridgehead atoms. The second-order valence-corrected chi connectivity index (χ2v) is 12.7. The number of aryl methyl sites for hydroxylation is 2. The number of sulfonamides is 1. The fourth-order valence-corrected chi connectivity index (χ4v) is 6.51. The van der Waals surface area contributed by atoms with Crippen LogP contribution in [0, 0.1) is 13.8 Å². The number of carbonyl (C=O) groups is 2. The topological polar surface area (TPSA) is 96.0 Å². The maximum absolute atomic E-state index is 14.5. The number of rotatable bonds is 14. The van der Waals surface area contributed by atoms with E-state index in [1.54, 1.807) is 36.4 Å². The molecule has 0 fully saturated rings. The molecule has 0 heterocycles. The number of hydrogen-bond acceptors (Lipinski definition) is 5. The molecular formula is C36H41N3O5S. The van der Waals surface area contributed by atoms with E-state index in [2.05, 4.69) is 5.32 Å². The number of hydrogen-bond donors (Lipinski definition) is 1. The van der Waals surface area contributed by atoms with Crippen molar-refractivity contribution in [3.05, 3.63) is 125 Å². The van der Waals surface area contributed by atoms with Gasteiger partial charge in [0, 0.05) is 19.5 Å². The third-order valence-corrected chi connectivity index (χ3v) is 9.17. The van der Waals surface area contributed by atoms with Crippen molar-refractivity contribution in [1.29, 1.82) is 0 Å². The van der Waals surface area contributed by atoms with Gasteiger partial charge < -0.3 is 15.0 Å². The summed E-state index contributed by atoms with van der Waals surface area (Å²) in [6.07, 6.45) is 0.262. The number of likely N-dealkylation sites (N-methyl/N-ethyl adjacent to an activating group) is 1. The molecule has 0 unspecified atom stereocenters. The number of nitrogens with zero attached hydrogens (tertiary/aromatic N) is 2. The predicted molar refractivity (Wildman–Crippen MR) is 178 cm³/mol. The molecule has 0 aliphatic rings. The van der Waals surface area contributed by atoms with Gasteiger partial charge in [-0.2, -0.15) is 0 Å². The van der Waals surface area contributed by atoms with Gasteiger partial charge in [0.25, 0.3) is 10.0 Å². The third-order valence-electron chi connectivity index (χ3n) is 7.38. The van der Waals surface area contributed by atoms with Crippen LogP contribution in [0.2, 0.25) is 0 Å². The molecule has 45 heavy (non-hydrogen) atoms. The van der Waals surface area contributed by atoms with E-state index in [9.17, 15) is 18.0 Å². The van der Waals surface area contributed by atoms with Crippen molar-refractivity contribution in [2.45, 2.75) is 51.6 Å². The van der Waals surface area contributed by atoms with E-state index in [0.29, 0.717) is 24.6 Å². The van der Waals surface area contributed by atoms with Crippen molar-refractivity contribution in [2.24, 2.45) is 0 Å². The molecule has 0 spiro atoms. The molecule has 4 aromatic rings. The zero-order chi connectivity index (χ0) is 32.4. The number of ether oxygens (including phenoxy) is 1. The van der Waals surface area contributed by atoms with Gasteiger partial charge in [-0.15, -0.1) is 0 Å². The Bertz CT molecular complexity index is 1670. The van der Waals surface area contributed by atoms with Crippen LogP contribution >= 0.6 is 0 Å². The second-order valence-electron chi connectivity index (χ2n) is 10.9. The van der Waals surface area contributed by atoms with E-state index in [0.717, 1.165) is 26.6 Å². The molecule has 0 aliphatic heterocycles. The number of anilines is 1. The fourth-order valence-electron chi connectivity index (χ4n) is 5.09. The lowest BCUT2D eigenvalue weighted by Gasteiger charge is -2.34. The van der Waals surface area contributed by atoms with Crippen molar-refractivity contribution in [3.8, 4) is 5.75 Å². The molecule has 0 saturated carbocycles. The van der Waals surface area contributed by atoms with Crippen molar-refractivity contribution < 1.29 is 22.7 Å². The van der Waals surface area contributed by atoms with Gasteiger partial charge in [-0.1, -0.05) is 77.9 Å². The Kier molecular flexibility index (Phi) is 11.4. The van der Waals surface area contributed by atoms with Gasteiger partial charge in [0.15, 0.2) is 0 Å². The molecular weight excluding hydrogens is 586 g/mol. The summed E-state index contributed by atoms with van der Waals surface area (Å²) in [6.45, 7) is 7.98. The molecule has 1 N–H and O–H groups in total. The first-order valence-electron chi connectivity index (χ1n) is 15.1. The van der Waals surface area contributed by atoms with Crippen LogP contribution in [0.1, 0.15) is 36.1 Å². The first kappa shape index (κ1) is 33.3. The minimum Gasteiger partial charge on any atom is -0.494 e. The summed E-state index contributed by atoms with van der Waals surface area (Å²) in [5, 5.41) is 2.88. The van der Waals surface area contributed by atoms with Crippen LogP contribution in [0.25, 0.3) is 0 Å². The zero-order valence-corrected chi connectivity index (χ0v) is 27.1. The highest BCUT2D eigenvalue weighted by atomic mass is 32.2. The molecule has 8 nitrogen and oxygen atoms in total. The summed E-state index contributed by atoms with van der Waals surface area (Å²) in [7, 11) is -4.17. The summed E-state index contributed by atoms with van der Waals surface area (Å²) in [5.74, 6) is -0.231. The fraction of sp³-hybridized carbons (Fsp3) is 0.278. The summed E-state index contributed by atoms with van der Waals surface area (Å²) in [5.41, 5.74) is 3.94. The Balaban J connectivity index is 1.79. The molecule has 4 rings (SSSR count). The first-order chi connectivity index (χ1) is 21.6. The highest BCUT2D eigenvalue weighted by Gasteiger charge is 2.34. The van der Waals surface area contributed by atoms with Crippen LogP contribution in [0.15, 0.2) is 108 Å². The van der Waals surface area contributed by atoms with Crippen LogP contribution in [0.4, 0.5) is 5.69 Å². The van der Waals surface area contributed by atoms with Gasteiger partial charge in [0.1, 0.15) is 18.3 Å². The van der Waals surface area contributed by atoms with E-state index in [1.165, 1.54) is 17.0 Å². The molecule has 0 saturated heterocycles. The van der Waals surface area contributed by atoms with E-state index in [1.807, 2.05) is 82.3 Å². The number of carbonyl (C=O) groups excluding carboxylic acids is 2. The van der Waals surface area contributed by atoms with Crippen molar-refractivity contribution >= 4 is 27.5 Å². The van der Waals surface area contributed by atoms with Crippen LogP contribution in [0.3, 0.4) is 0 Å². The molecule has 0 aromatic heterocycles. The highest BCUT2D eigenvalue weighted by molar-refractivity contribution is 7.92. The second kappa shape index (κ2) is 15.4. The standard InChI is InChI=1S/C36H41N3O5S/c1-5-37-36(41)34(24-29-12-8-7-9-13-29)38(25-30-14-10-11-28(4)23-30)35(40)26-39(31-17-19-32(20-18-31)44-6-2)45(42,43)33-21-15-27(3)16-22-33/h7-23,34H,5-6,24-26H2,1-4H3,(H,37,41)/t34-/m0/s1. The molecule has 4 aromatic carbocycles. The molecule has 236 valence electrons. The maximum Gasteiger partial charge on any atom is 0.264 e. The maximum atomic E-state index is 14.5. The smallest absolute Gasteiger partial charge is 0.264 e. The average Bonchev–Trinajstić information content (AvgIpc) is 3.03. The molecule has 0 aliphatic carbocycles. The summed E-state index contributed by atoms with van der Waals surface area (Å²) >= 11 is 0. The monoisotopic (exact) mass is 627 g/mol. The number of benzene rings is 4. The summed E-state index contributed by atoms with van der Waals surface area (Å²) < 4.78 is 35.0. The third kappa shape index (κ3) is 8.73. The molecule has 9 heteroatoms. The first-order valence-corrected chi connectivity index (χ1v) is 16.5. The quantitative estimate of drug-likeness (QED) is 0.194. The van der Waals surface area contributed by atoms with Crippen molar-refractivity contribution in [2.75, 3.05) is 24.0 Å². The lowest BCUT2D eigenvalue weighted by atomic mass is 10.0. The molecule has 1 atom stereocenters. The zero-order valence-electron chi connectivity index (χ0n) is 26.3. The van der Waals surface area contributed by atoms with E-state index < -0.39 is 28.5 Å². The van der Waals surface area contributed by atoms with Gasteiger partial charge in [0.2, 0.25) is 11.8 Å². The van der Waals surface area contributed by atoms with Gasteiger partial charge in [-0.25, -0.2) is 8.42 Å². The minimum atomic E-state index is -4.17. The SMILES string of the molecule is CCNC(=O)[C@H](Cc1ccccc1)N(Cc1cccc(C)c1)C(=O)CN(c1ccc(OCC)cc1)S(=O)(=O)c1ccc(C)cc1. The normalized spacial score (nSPS) is 11.8.